The Kier molecular flexibility index (Phi) is 6.37. The lowest BCUT2D eigenvalue weighted by atomic mass is 10.1. The molecule has 3 aromatic carbocycles. The topological polar surface area (TPSA) is 62.6 Å². The second-order valence-corrected chi connectivity index (χ2v) is 8.17. The molecule has 0 radical (unpaired) electrons. The number of methoxy groups -OCH3 is 3. The Morgan fingerprint density at radius 2 is 1.59 bits per heavy atom. The highest BCUT2D eigenvalue weighted by Gasteiger charge is 2.17. The summed E-state index contributed by atoms with van der Waals surface area (Å²) < 4.78 is 17.8. The summed E-state index contributed by atoms with van der Waals surface area (Å²) in [5.41, 5.74) is 3.25. The maximum Gasteiger partial charge on any atom is 0.266 e. The lowest BCUT2D eigenvalue weighted by molar-refractivity contribution is 0.392. The Morgan fingerprint density at radius 3 is 2.28 bits per heavy atom. The number of thioether (sulfide) groups is 1. The molecule has 0 spiro atoms. The van der Waals surface area contributed by atoms with E-state index >= 15 is 0 Å². The average Bonchev–Trinajstić information content (AvgIpc) is 2.83. The lowest BCUT2D eigenvalue weighted by Crippen LogP contribution is -2.22. The minimum absolute atomic E-state index is 0.139. The van der Waals surface area contributed by atoms with Gasteiger partial charge >= 0.3 is 0 Å². The fourth-order valence-corrected chi connectivity index (χ4v) is 4.39. The van der Waals surface area contributed by atoms with Gasteiger partial charge in [0.25, 0.3) is 5.56 Å². The Morgan fingerprint density at radius 1 is 0.875 bits per heavy atom. The van der Waals surface area contributed by atoms with Gasteiger partial charge in [-0.3, -0.25) is 9.36 Å². The Balaban J connectivity index is 1.85. The van der Waals surface area contributed by atoms with Crippen LogP contribution in [0.15, 0.2) is 70.6 Å². The predicted molar refractivity (Wildman–Crippen MR) is 128 cm³/mol. The van der Waals surface area contributed by atoms with E-state index in [1.165, 1.54) is 11.8 Å². The third-order valence-corrected chi connectivity index (χ3v) is 6.16. The van der Waals surface area contributed by atoms with E-state index in [0.29, 0.717) is 39.0 Å². The number of hydrogen-bond donors (Lipinski definition) is 0. The SMILES string of the molecule is COc1ccc(CSc2nc3ccc(C)cc3c(=O)n2-c2ccc(OC)cc2OC)cc1. The van der Waals surface area contributed by atoms with Crippen LogP contribution in [0.4, 0.5) is 0 Å². The molecule has 4 aromatic rings. The maximum absolute atomic E-state index is 13.6. The van der Waals surface area contributed by atoms with E-state index in [-0.39, 0.29) is 5.56 Å². The molecule has 0 amide bonds. The normalized spacial score (nSPS) is 10.9. The van der Waals surface area contributed by atoms with Crippen LogP contribution in [0.1, 0.15) is 11.1 Å². The zero-order chi connectivity index (χ0) is 22.7. The van der Waals surface area contributed by atoms with Gasteiger partial charge < -0.3 is 14.2 Å². The first-order valence-corrected chi connectivity index (χ1v) is 11.0. The molecule has 0 aliphatic heterocycles. The molecule has 32 heavy (non-hydrogen) atoms. The van der Waals surface area contributed by atoms with Crippen LogP contribution in [0.5, 0.6) is 17.2 Å². The molecule has 0 fully saturated rings. The van der Waals surface area contributed by atoms with Crippen LogP contribution in [-0.4, -0.2) is 30.9 Å². The average molecular weight is 449 g/mol. The molecule has 0 atom stereocenters. The summed E-state index contributed by atoms with van der Waals surface area (Å²) in [7, 11) is 4.81. The number of nitrogens with zero attached hydrogens (tertiary/aromatic N) is 2. The molecular weight excluding hydrogens is 424 g/mol. The number of hydrogen-bond acceptors (Lipinski definition) is 6. The van der Waals surface area contributed by atoms with E-state index < -0.39 is 0 Å². The highest BCUT2D eigenvalue weighted by molar-refractivity contribution is 7.98. The molecule has 0 aliphatic rings. The molecule has 0 saturated carbocycles. The fraction of sp³-hybridized carbons (Fsp3) is 0.200. The Labute approximate surface area is 190 Å². The smallest absolute Gasteiger partial charge is 0.266 e. The van der Waals surface area contributed by atoms with Crippen molar-refractivity contribution in [3.05, 3.63) is 82.1 Å². The van der Waals surface area contributed by atoms with Gasteiger partial charge in [-0.15, -0.1) is 0 Å². The van der Waals surface area contributed by atoms with Crippen LogP contribution >= 0.6 is 11.8 Å². The molecule has 0 unspecified atom stereocenters. The van der Waals surface area contributed by atoms with Gasteiger partial charge in [0, 0.05) is 11.8 Å². The molecule has 1 heterocycles. The van der Waals surface area contributed by atoms with Gasteiger partial charge in [0.1, 0.15) is 17.2 Å². The summed E-state index contributed by atoms with van der Waals surface area (Å²) in [5, 5.41) is 1.15. The largest absolute Gasteiger partial charge is 0.497 e. The van der Waals surface area contributed by atoms with Gasteiger partial charge in [-0.05, 0) is 48.9 Å². The first kappa shape index (κ1) is 21.8. The summed E-state index contributed by atoms with van der Waals surface area (Å²) >= 11 is 1.50. The van der Waals surface area contributed by atoms with Gasteiger partial charge in [0.15, 0.2) is 5.16 Å². The molecule has 0 aliphatic carbocycles. The van der Waals surface area contributed by atoms with Crippen LogP contribution in [0.2, 0.25) is 0 Å². The van der Waals surface area contributed by atoms with Crippen LogP contribution in [0, 0.1) is 6.92 Å². The second-order valence-electron chi connectivity index (χ2n) is 7.23. The summed E-state index contributed by atoms with van der Waals surface area (Å²) in [6.45, 7) is 1.96. The number of benzene rings is 3. The van der Waals surface area contributed by atoms with E-state index in [2.05, 4.69) is 0 Å². The van der Waals surface area contributed by atoms with Crippen LogP contribution in [-0.2, 0) is 5.75 Å². The predicted octanol–water partition coefficient (Wildman–Crippen LogP) is 5.01. The molecule has 164 valence electrons. The monoisotopic (exact) mass is 448 g/mol. The van der Waals surface area contributed by atoms with E-state index in [1.807, 2.05) is 61.5 Å². The van der Waals surface area contributed by atoms with Crippen molar-refractivity contribution in [2.45, 2.75) is 17.8 Å². The van der Waals surface area contributed by atoms with E-state index in [0.717, 1.165) is 16.9 Å². The molecular formula is C25H24N2O4S. The number of rotatable bonds is 7. The third-order valence-electron chi connectivity index (χ3n) is 5.15. The van der Waals surface area contributed by atoms with E-state index in [1.54, 1.807) is 32.0 Å². The van der Waals surface area contributed by atoms with Crippen molar-refractivity contribution in [3.8, 4) is 22.9 Å². The second kappa shape index (κ2) is 9.36. The van der Waals surface area contributed by atoms with Crippen molar-refractivity contribution in [2.75, 3.05) is 21.3 Å². The third kappa shape index (κ3) is 4.29. The van der Waals surface area contributed by atoms with Crippen LogP contribution in [0.25, 0.3) is 16.6 Å². The van der Waals surface area contributed by atoms with Gasteiger partial charge in [0.2, 0.25) is 0 Å². The molecule has 4 rings (SSSR count). The molecule has 0 bridgehead atoms. The highest BCUT2D eigenvalue weighted by Crippen LogP contribution is 2.32. The molecule has 7 heteroatoms. The first-order chi connectivity index (χ1) is 15.5. The van der Waals surface area contributed by atoms with E-state index in [9.17, 15) is 4.79 Å². The van der Waals surface area contributed by atoms with Crippen molar-refractivity contribution >= 4 is 22.7 Å². The van der Waals surface area contributed by atoms with Gasteiger partial charge in [-0.1, -0.05) is 35.5 Å². The van der Waals surface area contributed by atoms with Crippen LogP contribution < -0.4 is 19.8 Å². The minimum atomic E-state index is -0.139. The minimum Gasteiger partial charge on any atom is -0.497 e. The van der Waals surface area contributed by atoms with Crippen LogP contribution in [0.3, 0.4) is 0 Å². The van der Waals surface area contributed by atoms with Crippen molar-refractivity contribution in [1.82, 2.24) is 9.55 Å². The van der Waals surface area contributed by atoms with Gasteiger partial charge in [-0.2, -0.15) is 0 Å². The fourth-order valence-electron chi connectivity index (χ4n) is 3.43. The zero-order valence-electron chi connectivity index (χ0n) is 18.4. The van der Waals surface area contributed by atoms with Crippen molar-refractivity contribution in [2.24, 2.45) is 0 Å². The Bertz CT molecular complexity index is 1320. The van der Waals surface area contributed by atoms with Gasteiger partial charge in [-0.25, -0.2) is 4.98 Å². The molecule has 6 nitrogen and oxygen atoms in total. The molecule has 0 N–H and O–H groups in total. The summed E-state index contributed by atoms with van der Waals surface area (Å²) in [6, 6.07) is 19.0. The zero-order valence-corrected chi connectivity index (χ0v) is 19.2. The number of aryl methyl sites for hydroxylation is 1. The van der Waals surface area contributed by atoms with E-state index in [4.69, 9.17) is 19.2 Å². The summed E-state index contributed by atoms with van der Waals surface area (Å²) in [4.78, 5) is 18.5. The quantitative estimate of drug-likeness (QED) is 0.292. The molecule has 0 saturated heterocycles. The summed E-state index contributed by atoms with van der Waals surface area (Å²) in [6.07, 6.45) is 0. The molecule has 1 aromatic heterocycles. The first-order valence-electron chi connectivity index (χ1n) is 10.1. The van der Waals surface area contributed by atoms with Crippen molar-refractivity contribution in [3.63, 3.8) is 0 Å². The lowest BCUT2D eigenvalue weighted by Gasteiger charge is -2.17. The highest BCUT2D eigenvalue weighted by atomic mass is 32.2. The summed E-state index contributed by atoms with van der Waals surface area (Å²) in [5.74, 6) is 2.63. The number of ether oxygens (including phenoxy) is 3. The van der Waals surface area contributed by atoms with Crippen molar-refractivity contribution in [1.29, 1.82) is 0 Å². The number of fused-ring (bicyclic) bond motifs is 1. The maximum atomic E-state index is 13.6. The van der Waals surface area contributed by atoms with Crippen molar-refractivity contribution < 1.29 is 14.2 Å². The Hall–Kier alpha value is -3.45. The number of aromatic nitrogens is 2. The standard InChI is InChI=1S/C25H24N2O4S/c1-16-5-11-21-20(13-16)24(28)27(22-12-10-19(30-3)14-23(22)31-4)25(26-21)32-15-17-6-8-18(29-2)9-7-17/h5-14H,15H2,1-4H3. The van der Waals surface area contributed by atoms with Gasteiger partial charge in [0.05, 0.1) is 37.9 Å².